The molecule has 0 spiro atoms. The number of carbonyl (C=O) groups excluding carboxylic acids is 4. The topological polar surface area (TPSA) is 95.6 Å². The molecule has 2 N–H and O–H groups in total. The highest BCUT2D eigenvalue weighted by Gasteiger charge is 2.49. The third-order valence-corrected chi connectivity index (χ3v) is 6.40. The average molecular weight is 472 g/mol. The molecule has 0 aromatic heterocycles. The van der Waals surface area contributed by atoms with Crippen LogP contribution in [0.4, 0.5) is 10.5 Å². The van der Waals surface area contributed by atoms with Crippen molar-refractivity contribution < 1.29 is 19.2 Å². The fraction of sp³-hybridized carbons (Fsp3) is 0.286. The van der Waals surface area contributed by atoms with Gasteiger partial charge in [0.25, 0.3) is 5.91 Å². The molecule has 4 rings (SSSR count). The van der Waals surface area contributed by atoms with E-state index in [1.807, 2.05) is 42.5 Å². The monoisotopic (exact) mass is 471 g/mol. The summed E-state index contributed by atoms with van der Waals surface area (Å²) in [5.41, 5.74) is 0.354. The zero-order valence-electron chi connectivity index (χ0n) is 20.0. The fourth-order valence-electron chi connectivity index (χ4n) is 4.27. The van der Waals surface area contributed by atoms with Gasteiger partial charge in [0.2, 0.25) is 5.91 Å². The lowest BCUT2D eigenvalue weighted by Gasteiger charge is -2.22. The van der Waals surface area contributed by atoms with Crippen molar-refractivity contribution in [3.8, 4) is 0 Å². The molecular formula is C28H29N3O4. The maximum atomic E-state index is 13.3. The minimum Gasteiger partial charge on any atom is -0.326 e. The highest BCUT2D eigenvalue weighted by molar-refractivity contribution is 6.11. The Morgan fingerprint density at radius 1 is 0.943 bits per heavy atom. The summed E-state index contributed by atoms with van der Waals surface area (Å²) in [7, 11) is 0. The summed E-state index contributed by atoms with van der Waals surface area (Å²) in [4.78, 5) is 51.8. The van der Waals surface area contributed by atoms with E-state index in [0.717, 1.165) is 34.9 Å². The van der Waals surface area contributed by atoms with Crippen LogP contribution in [0.1, 0.15) is 55.5 Å². The predicted octanol–water partition coefficient (Wildman–Crippen LogP) is 5.01. The number of urea groups is 1. The van der Waals surface area contributed by atoms with Crippen LogP contribution < -0.4 is 10.6 Å². The van der Waals surface area contributed by atoms with E-state index in [9.17, 15) is 19.2 Å². The molecule has 0 aliphatic carbocycles. The lowest BCUT2D eigenvalue weighted by molar-refractivity contribution is -0.130. The first-order chi connectivity index (χ1) is 16.8. The maximum Gasteiger partial charge on any atom is 0.325 e. The number of amides is 4. The summed E-state index contributed by atoms with van der Waals surface area (Å²) in [5.74, 6) is -0.899. The number of imide groups is 1. The van der Waals surface area contributed by atoms with E-state index < -0.39 is 17.5 Å². The number of hydrogen-bond donors (Lipinski definition) is 2. The fourth-order valence-corrected chi connectivity index (χ4v) is 4.27. The van der Waals surface area contributed by atoms with Gasteiger partial charge in [0.15, 0.2) is 5.78 Å². The molecule has 1 saturated heterocycles. The summed E-state index contributed by atoms with van der Waals surface area (Å²) < 4.78 is 0. The van der Waals surface area contributed by atoms with Gasteiger partial charge in [-0.2, -0.15) is 0 Å². The first-order valence-corrected chi connectivity index (χ1v) is 11.9. The van der Waals surface area contributed by atoms with Crippen molar-refractivity contribution in [3.63, 3.8) is 0 Å². The average Bonchev–Trinajstić information content (AvgIpc) is 3.08. The van der Waals surface area contributed by atoms with Gasteiger partial charge in [0.05, 0.1) is 6.54 Å². The second-order valence-electron chi connectivity index (χ2n) is 9.01. The Morgan fingerprint density at radius 3 is 2.37 bits per heavy atom. The summed E-state index contributed by atoms with van der Waals surface area (Å²) in [6.07, 6.45) is 3.34. The quantitative estimate of drug-likeness (QED) is 0.261. The second-order valence-corrected chi connectivity index (χ2v) is 9.01. The summed E-state index contributed by atoms with van der Waals surface area (Å²) in [5, 5.41) is 7.56. The van der Waals surface area contributed by atoms with Crippen molar-refractivity contribution in [2.24, 2.45) is 0 Å². The standard InChI is InChI=1S/C28H29N3O4/c1-3-4-5-10-25(33)29-23-15-12-20(13-16-23)24(32)18-31-26(34)28(2,30-27(31)35)22-14-11-19-8-6-7-9-21(19)17-22/h6-9,11-17H,3-5,10,18H2,1-2H3,(H,29,33)(H,30,35)/t28-/m1/s1. The number of Topliss-reactive ketones (excluding diaryl/α,β-unsaturated/α-hetero) is 1. The van der Waals surface area contributed by atoms with E-state index in [2.05, 4.69) is 17.6 Å². The number of hydrogen-bond acceptors (Lipinski definition) is 4. The zero-order valence-corrected chi connectivity index (χ0v) is 20.0. The number of nitrogens with one attached hydrogen (secondary N) is 2. The summed E-state index contributed by atoms with van der Waals surface area (Å²) in [6.45, 7) is 3.37. The van der Waals surface area contributed by atoms with Crippen LogP contribution in [0.25, 0.3) is 10.8 Å². The predicted molar refractivity (Wildman–Crippen MR) is 135 cm³/mol. The molecule has 7 heteroatoms. The molecule has 0 unspecified atom stereocenters. The van der Waals surface area contributed by atoms with Crippen LogP contribution in [0.2, 0.25) is 0 Å². The van der Waals surface area contributed by atoms with Gasteiger partial charge in [0.1, 0.15) is 5.54 Å². The Morgan fingerprint density at radius 2 is 1.66 bits per heavy atom. The van der Waals surface area contributed by atoms with Crippen molar-refractivity contribution in [1.29, 1.82) is 0 Å². The Labute approximate surface area is 204 Å². The van der Waals surface area contributed by atoms with Crippen molar-refractivity contribution in [2.75, 3.05) is 11.9 Å². The lowest BCUT2D eigenvalue weighted by Crippen LogP contribution is -2.41. The zero-order chi connectivity index (χ0) is 25.0. The molecule has 7 nitrogen and oxygen atoms in total. The van der Waals surface area contributed by atoms with Gasteiger partial charge in [-0.15, -0.1) is 0 Å². The lowest BCUT2D eigenvalue weighted by atomic mass is 9.90. The first kappa shape index (κ1) is 24.1. The second kappa shape index (κ2) is 10.1. The van der Waals surface area contributed by atoms with Crippen molar-refractivity contribution in [3.05, 3.63) is 77.9 Å². The van der Waals surface area contributed by atoms with Crippen molar-refractivity contribution in [2.45, 2.75) is 45.1 Å². The third-order valence-electron chi connectivity index (χ3n) is 6.40. The molecule has 0 saturated carbocycles. The highest BCUT2D eigenvalue weighted by atomic mass is 16.2. The van der Waals surface area contributed by atoms with Crippen LogP contribution >= 0.6 is 0 Å². The molecule has 1 fully saturated rings. The molecule has 180 valence electrons. The molecule has 4 amide bonds. The summed E-state index contributed by atoms with van der Waals surface area (Å²) in [6, 6.07) is 19.3. The van der Waals surface area contributed by atoms with E-state index in [0.29, 0.717) is 23.2 Å². The Bertz CT molecular complexity index is 1280. The number of nitrogens with zero attached hydrogens (tertiary/aromatic N) is 1. The van der Waals surface area contributed by atoms with E-state index in [1.54, 1.807) is 31.2 Å². The largest absolute Gasteiger partial charge is 0.326 e. The number of ketones is 1. The Kier molecular flexibility index (Phi) is 6.96. The van der Waals surface area contributed by atoms with Gasteiger partial charge in [-0.05, 0) is 60.0 Å². The molecule has 1 heterocycles. The molecule has 1 aliphatic heterocycles. The van der Waals surface area contributed by atoms with Crippen LogP contribution in [0.5, 0.6) is 0 Å². The number of unbranched alkanes of at least 4 members (excludes halogenated alkanes) is 2. The SMILES string of the molecule is CCCCCC(=O)Nc1ccc(C(=O)CN2C(=O)N[C@](C)(c3ccc4ccccc4c3)C2=O)cc1. The number of benzene rings is 3. The van der Waals surface area contributed by atoms with Gasteiger partial charge >= 0.3 is 6.03 Å². The molecule has 3 aromatic carbocycles. The minimum atomic E-state index is -1.26. The van der Waals surface area contributed by atoms with E-state index in [1.165, 1.54) is 0 Å². The molecule has 35 heavy (non-hydrogen) atoms. The number of rotatable bonds is 9. The van der Waals surface area contributed by atoms with Crippen molar-refractivity contribution in [1.82, 2.24) is 10.2 Å². The van der Waals surface area contributed by atoms with Crippen LogP contribution in [0.3, 0.4) is 0 Å². The van der Waals surface area contributed by atoms with E-state index in [4.69, 9.17) is 0 Å². The van der Waals surface area contributed by atoms with Crippen LogP contribution in [-0.2, 0) is 15.1 Å². The van der Waals surface area contributed by atoms with Gasteiger partial charge in [-0.1, -0.05) is 56.2 Å². The molecule has 3 aromatic rings. The molecule has 1 atom stereocenters. The van der Waals surface area contributed by atoms with Crippen LogP contribution in [0, 0.1) is 0 Å². The summed E-state index contributed by atoms with van der Waals surface area (Å²) >= 11 is 0. The van der Waals surface area contributed by atoms with Gasteiger partial charge < -0.3 is 10.6 Å². The van der Waals surface area contributed by atoms with Gasteiger partial charge in [-0.25, -0.2) is 4.79 Å². The van der Waals surface area contributed by atoms with Crippen molar-refractivity contribution >= 4 is 40.1 Å². The number of carbonyl (C=O) groups is 4. The van der Waals surface area contributed by atoms with Crippen LogP contribution in [0.15, 0.2) is 66.7 Å². The smallest absolute Gasteiger partial charge is 0.325 e. The van der Waals surface area contributed by atoms with E-state index >= 15 is 0 Å². The molecule has 0 bridgehead atoms. The normalized spacial score (nSPS) is 17.5. The molecular weight excluding hydrogens is 442 g/mol. The Hall–Kier alpha value is -4.00. The maximum absolute atomic E-state index is 13.3. The highest BCUT2D eigenvalue weighted by Crippen LogP contribution is 2.31. The molecule has 1 aliphatic rings. The van der Waals surface area contributed by atoms with E-state index in [-0.39, 0.29) is 18.2 Å². The van der Waals surface area contributed by atoms with Crippen LogP contribution in [-0.4, -0.2) is 35.1 Å². The first-order valence-electron chi connectivity index (χ1n) is 11.9. The molecule has 0 radical (unpaired) electrons. The van der Waals surface area contributed by atoms with Gasteiger partial charge in [-0.3, -0.25) is 19.3 Å². The number of fused-ring (bicyclic) bond motifs is 1. The minimum absolute atomic E-state index is 0.0650. The number of anilines is 1. The Balaban J connectivity index is 1.43. The third kappa shape index (κ3) is 5.09. The van der Waals surface area contributed by atoms with Gasteiger partial charge in [0, 0.05) is 17.7 Å².